The highest BCUT2D eigenvalue weighted by atomic mass is 32.2. The predicted octanol–water partition coefficient (Wildman–Crippen LogP) is 3.36. The predicted molar refractivity (Wildman–Crippen MR) is 121 cm³/mol. The van der Waals surface area contributed by atoms with Crippen LogP contribution in [-0.2, 0) is 21.0 Å². The second-order valence-electron chi connectivity index (χ2n) is 7.92. The maximum absolute atomic E-state index is 13.0. The molecule has 0 bridgehead atoms. The summed E-state index contributed by atoms with van der Waals surface area (Å²) in [5, 5.41) is 2.64. The fourth-order valence-corrected chi connectivity index (χ4v) is 5.07. The lowest BCUT2D eigenvalue weighted by Gasteiger charge is -2.36. The monoisotopic (exact) mass is 496 g/mol. The van der Waals surface area contributed by atoms with Crippen LogP contribution in [0.25, 0.3) is 0 Å². The molecule has 8 nitrogen and oxygen atoms in total. The van der Waals surface area contributed by atoms with Crippen molar-refractivity contribution in [3.8, 4) is 5.75 Å². The van der Waals surface area contributed by atoms with Crippen molar-refractivity contribution < 1.29 is 31.1 Å². The van der Waals surface area contributed by atoms with Crippen molar-refractivity contribution in [3.05, 3.63) is 48.0 Å². The number of piperazine rings is 1. The van der Waals surface area contributed by atoms with Gasteiger partial charge in [0.15, 0.2) is 0 Å². The van der Waals surface area contributed by atoms with Gasteiger partial charge in [-0.3, -0.25) is 4.79 Å². The van der Waals surface area contributed by atoms with Crippen LogP contribution in [0.1, 0.15) is 18.4 Å². The minimum Gasteiger partial charge on any atom is -0.497 e. The number of nitrogens with one attached hydrogen (secondary N) is 1. The number of carbonyl (C=O) groups excluding carboxylic acids is 1. The second kappa shape index (κ2) is 9.16. The van der Waals surface area contributed by atoms with Gasteiger partial charge in [-0.1, -0.05) is 6.07 Å². The van der Waals surface area contributed by atoms with Gasteiger partial charge in [-0.15, -0.1) is 4.40 Å². The molecule has 0 radical (unpaired) electrons. The maximum Gasteiger partial charge on any atom is 0.416 e. The van der Waals surface area contributed by atoms with Gasteiger partial charge in [0.05, 0.1) is 18.4 Å². The van der Waals surface area contributed by atoms with Crippen LogP contribution in [0.2, 0.25) is 0 Å². The van der Waals surface area contributed by atoms with Crippen molar-refractivity contribution in [2.24, 2.45) is 4.40 Å². The number of sulfonamides is 1. The lowest BCUT2D eigenvalue weighted by molar-refractivity contribution is -0.137. The molecular formula is C22H23F3N4O4S. The molecule has 2 heterocycles. The van der Waals surface area contributed by atoms with Crippen molar-refractivity contribution in [2.45, 2.75) is 23.9 Å². The fourth-order valence-electron chi connectivity index (χ4n) is 3.91. The average molecular weight is 497 g/mol. The highest BCUT2D eigenvalue weighted by Gasteiger charge is 2.34. The fraction of sp³-hybridized carbons (Fsp3) is 0.364. The van der Waals surface area contributed by atoms with Crippen molar-refractivity contribution in [1.82, 2.24) is 4.90 Å². The molecule has 2 aliphatic rings. The molecule has 0 unspecified atom stereocenters. The first-order valence-corrected chi connectivity index (χ1v) is 12.0. The van der Waals surface area contributed by atoms with Crippen molar-refractivity contribution in [1.29, 1.82) is 0 Å². The van der Waals surface area contributed by atoms with E-state index in [2.05, 4.69) is 14.6 Å². The van der Waals surface area contributed by atoms with Gasteiger partial charge in [-0.25, -0.2) is 0 Å². The number of hydrogen-bond donors (Lipinski definition) is 1. The lowest BCUT2D eigenvalue weighted by Crippen LogP contribution is -2.48. The number of methoxy groups -OCH3 is 1. The topological polar surface area (TPSA) is 91.3 Å². The Balaban J connectivity index is 1.36. The van der Waals surface area contributed by atoms with Crippen molar-refractivity contribution in [3.63, 3.8) is 0 Å². The minimum atomic E-state index is -4.61. The standard InChI is InChI=1S/C22H23F3N4O4S/c1-33-17-4-2-3-16(14-17)28-9-11-29(12-10-28)21(30)8-7-20-26-18-13-15(22(23,24)25)5-6-19(18)34(31,32)27-20/h2-6,13-14H,7-12H2,1H3,(H,26,27). The molecule has 0 aliphatic carbocycles. The number of carbonyl (C=O) groups is 1. The third-order valence-electron chi connectivity index (χ3n) is 5.72. The first kappa shape index (κ1) is 23.9. The Morgan fingerprint density at radius 2 is 1.85 bits per heavy atom. The zero-order valence-electron chi connectivity index (χ0n) is 18.3. The molecule has 0 aromatic heterocycles. The van der Waals surface area contributed by atoms with Crippen LogP contribution < -0.4 is 15.0 Å². The van der Waals surface area contributed by atoms with Crippen LogP contribution in [-0.4, -0.2) is 58.3 Å². The van der Waals surface area contributed by atoms with Gasteiger partial charge in [-0.05, 0) is 30.3 Å². The minimum absolute atomic E-state index is 0.0190. The number of alkyl halides is 3. The van der Waals surface area contributed by atoms with Crippen molar-refractivity contribution in [2.75, 3.05) is 43.5 Å². The molecule has 1 N–H and O–H groups in total. The van der Waals surface area contributed by atoms with Crippen LogP contribution in [0.5, 0.6) is 5.75 Å². The maximum atomic E-state index is 13.0. The zero-order valence-corrected chi connectivity index (χ0v) is 19.1. The van der Waals surface area contributed by atoms with Gasteiger partial charge < -0.3 is 19.9 Å². The van der Waals surface area contributed by atoms with E-state index in [0.29, 0.717) is 32.2 Å². The SMILES string of the molecule is COc1cccc(N2CCN(C(=O)CCC3=NS(=O)(=O)c4ccc(C(F)(F)F)cc4N3)CC2)c1. The molecular weight excluding hydrogens is 473 g/mol. The molecule has 4 rings (SSSR count). The van der Waals surface area contributed by atoms with Crippen LogP contribution in [0.3, 0.4) is 0 Å². The first-order chi connectivity index (χ1) is 16.1. The van der Waals surface area contributed by atoms with Crippen molar-refractivity contribution >= 4 is 33.1 Å². The number of amides is 1. The zero-order chi connectivity index (χ0) is 24.5. The molecule has 1 amide bonds. The first-order valence-electron chi connectivity index (χ1n) is 10.6. The summed E-state index contributed by atoms with van der Waals surface area (Å²) in [6.45, 7) is 2.23. The number of amidine groups is 1. The number of nitrogens with zero attached hydrogens (tertiary/aromatic N) is 3. The van der Waals surface area contributed by atoms with E-state index in [4.69, 9.17) is 4.74 Å². The normalized spacial score (nSPS) is 17.5. The average Bonchev–Trinajstić information content (AvgIpc) is 2.81. The lowest BCUT2D eigenvalue weighted by atomic mass is 10.1. The van der Waals surface area contributed by atoms with Gasteiger partial charge in [-0.2, -0.15) is 21.6 Å². The second-order valence-corrected chi connectivity index (χ2v) is 9.49. The third-order valence-corrected chi connectivity index (χ3v) is 7.09. The van der Waals surface area contributed by atoms with E-state index >= 15 is 0 Å². The summed E-state index contributed by atoms with van der Waals surface area (Å²) >= 11 is 0. The Morgan fingerprint density at radius 1 is 1.12 bits per heavy atom. The summed E-state index contributed by atoms with van der Waals surface area (Å²) in [4.78, 5) is 16.2. The van der Waals surface area contributed by atoms with E-state index in [-0.39, 0.29) is 35.2 Å². The smallest absolute Gasteiger partial charge is 0.416 e. The van der Waals surface area contributed by atoms with Gasteiger partial charge in [0.1, 0.15) is 16.5 Å². The Morgan fingerprint density at radius 3 is 2.53 bits per heavy atom. The highest BCUT2D eigenvalue weighted by Crippen LogP contribution is 2.35. The Bertz CT molecular complexity index is 1220. The molecule has 2 aromatic carbocycles. The van der Waals surface area contributed by atoms with Crippen LogP contribution in [0.15, 0.2) is 51.8 Å². The summed E-state index contributed by atoms with van der Waals surface area (Å²) < 4.78 is 72.7. The van der Waals surface area contributed by atoms with Crippen LogP contribution in [0.4, 0.5) is 24.5 Å². The third kappa shape index (κ3) is 5.11. The summed E-state index contributed by atoms with van der Waals surface area (Å²) in [5.74, 6) is 0.507. The van der Waals surface area contributed by atoms with Gasteiger partial charge >= 0.3 is 6.18 Å². The number of ether oxygens (including phenoxy) is 1. The van der Waals surface area contributed by atoms with E-state index in [1.807, 2.05) is 24.3 Å². The van der Waals surface area contributed by atoms with Gasteiger partial charge in [0.25, 0.3) is 10.0 Å². The molecule has 2 aliphatic heterocycles. The summed E-state index contributed by atoms with van der Waals surface area (Å²) in [7, 11) is -2.56. The Labute approximate surface area is 195 Å². The largest absolute Gasteiger partial charge is 0.497 e. The number of fused-ring (bicyclic) bond motifs is 1. The summed E-state index contributed by atoms with van der Waals surface area (Å²) in [6, 6.07) is 9.96. The van der Waals surface area contributed by atoms with E-state index in [0.717, 1.165) is 23.6 Å². The van der Waals surface area contributed by atoms with Gasteiger partial charge in [0.2, 0.25) is 5.91 Å². The Hall–Kier alpha value is -3.28. The molecule has 1 fully saturated rings. The van der Waals surface area contributed by atoms with E-state index < -0.39 is 21.8 Å². The molecule has 182 valence electrons. The summed E-state index contributed by atoms with van der Waals surface area (Å²) in [5.41, 5.74) is -0.173. The van der Waals surface area contributed by atoms with E-state index in [1.54, 1.807) is 12.0 Å². The number of rotatable bonds is 5. The Kier molecular flexibility index (Phi) is 6.43. The van der Waals surface area contributed by atoms with Crippen LogP contribution in [0, 0.1) is 0 Å². The molecule has 2 aromatic rings. The molecule has 0 saturated carbocycles. The van der Waals surface area contributed by atoms with Gasteiger partial charge in [0, 0.05) is 50.8 Å². The number of halogens is 3. The quantitative estimate of drug-likeness (QED) is 0.683. The molecule has 0 atom stereocenters. The summed E-state index contributed by atoms with van der Waals surface area (Å²) in [6.07, 6.45) is -4.67. The van der Waals surface area contributed by atoms with Crippen LogP contribution >= 0.6 is 0 Å². The number of hydrogen-bond acceptors (Lipinski definition) is 6. The molecule has 1 saturated heterocycles. The number of benzene rings is 2. The molecule has 34 heavy (non-hydrogen) atoms. The number of anilines is 2. The molecule has 12 heteroatoms. The van der Waals surface area contributed by atoms with E-state index in [9.17, 15) is 26.4 Å². The highest BCUT2D eigenvalue weighted by molar-refractivity contribution is 7.90. The molecule has 0 spiro atoms. The van der Waals surface area contributed by atoms with E-state index in [1.165, 1.54) is 0 Å².